The summed E-state index contributed by atoms with van der Waals surface area (Å²) in [5, 5.41) is 3.04. The summed E-state index contributed by atoms with van der Waals surface area (Å²) >= 11 is 0. The Morgan fingerprint density at radius 1 is 1.40 bits per heavy atom. The molecule has 1 N–H and O–H groups in total. The van der Waals surface area contributed by atoms with E-state index in [1.54, 1.807) is 37.6 Å². The van der Waals surface area contributed by atoms with Gasteiger partial charge in [-0.25, -0.2) is 0 Å². The van der Waals surface area contributed by atoms with Crippen LogP contribution in [-0.4, -0.2) is 34.9 Å². The average Bonchev–Trinajstić information content (AvgIpc) is 2.47. The fraction of sp³-hybridized carbons (Fsp3) is 0.267. The SMILES string of the molecule is CNc1cc(C)ncc1C(=O)N(C)Cc1cccnc1. The predicted molar refractivity (Wildman–Crippen MR) is 78.6 cm³/mol. The Labute approximate surface area is 118 Å². The highest BCUT2D eigenvalue weighted by Crippen LogP contribution is 2.17. The van der Waals surface area contributed by atoms with Crippen LogP contribution in [0.1, 0.15) is 21.6 Å². The Balaban J connectivity index is 2.18. The number of nitrogens with zero attached hydrogens (tertiary/aromatic N) is 3. The van der Waals surface area contributed by atoms with Crippen molar-refractivity contribution in [2.24, 2.45) is 0 Å². The van der Waals surface area contributed by atoms with Crippen molar-refractivity contribution in [3.63, 3.8) is 0 Å². The summed E-state index contributed by atoms with van der Waals surface area (Å²) in [5.74, 6) is -0.0642. The third-order valence-electron chi connectivity index (χ3n) is 3.03. The summed E-state index contributed by atoms with van der Waals surface area (Å²) in [7, 11) is 3.57. The fourth-order valence-electron chi connectivity index (χ4n) is 1.98. The van der Waals surface area contributed by atoms with E-state index in [1.165, 1.54) is 0 Å². The van der Waals surface area contributed by atoms with E-state index in [4.69, 9.17) is 0 Å². The quantitative estimate of drug-likeness (QED) is 0.924. The number of aryl methyl sites for hydroxylation is 1. The van der Waals surface area contributed by atoms with E-state index in [0.29, 0.717) is 12.1 Å². The van der Waals surface area contributed by atoms with Crippen molar-refractivity contribution in [1.82, 2.24) is 14.9 Å². The molecule has 0 aliphatic heterocycles. The highest BCUT2D eigenvalue weighted by atomic mass is 16.2. The molecule has 0 aliphatic carbocycles. The van der Waals surface area contributed by atoms with Crippen molar-refractivity contribution in [3.8, 4) is 0 Å². The summed E-state index contributed by atoms with van der Waals surface area (Å²) < 4.78 is 0. The third-order valence-corrected chi connectivity index (χ3v) is 3.03. The molecule has 0 radical (unpaired) electrons. The van der Waals surface area contributed by atoms with E-state index in [2.05, 4.69) is 15.3 Å². The van der Waals surface area contributed by atoms with Crippen LogP contribution in [0.25, 0.3) is 0 Å². The van der Waals surface area contributed by atoms with Crippen LogP contribution in [0.4, 0.5) is 5.69 Å². The standard InChI is InChI=1S/C15H18N4O/c1-11-7-14(16-2)13(9-18-11)15(20)19(3)10-12-5-4-6-17-8-12/h4-9H,10H2,1-3H3,(H,16,18). The third kappa shape index (κ3) is 3.12. The molecule has 0 saturated carbocycles. The molecule has 0 bridgehead atoms. The number of hydrogen-bond acceptors (Lipinski definition) is 4. The van der Waals surface area contributed by atoms with Crippen LogP contribution in [0, 0.1) is 6.92 Å². The van der Waals surface area contributed by atoms with E-state index in [9.17, 15) is 4.79 Å². The topological polar surface area (TPSA) is 58.1 Å². The molecule has 2 rings (SSSR count). The van der Waals surface area contributed by atoms with Gasteiger partial charge in [-0.2, -0.15) is 0 Å². The van der Waals surface area contributed by atoms with Gasteiger partial charge in [-0.15, -0.1) is 0 Å². The maximum Gasteiger partial charge on any atom is 0.257 e. The smallest absolute Gasteiger partial charge is 0.257 e. The lowest BCUT2D eigenvalue weighted by atomic mass is 10.1. The van der Waals surface area contributed by atoms with E-state index in [1.807, 2.05) is 25.1 Å². The summed E-state index contributed by atoms with van der Waals surface area (Å²) in [6.45, 7) is 2.41. The fourth-order valence-corrected chi connectivity index (χ4v) is 1.98. The van der Waals surface area contributed by atoms with Gasteiger partial charge in [0.1, 0.15) is 0 Å². The van der Waals surface area contributed by atoms with Gasteiger partial charge in [0.2, 0.25) is 0 Å². The van der Waals surface area contributed by atoms with Crippen molar-refractivity contribution in [3.05, 3.63) is 53.6 Å². The van der Waals surface area contributed by atoms with Gasteiger partial charge in [-0.1, -0.05) is 6.07 Å². The van der Waals surface area contributed by atoms with Crippen molar-refractivity contribution in [1.29, 1.82) is 0 Å². The maximum atomic E-state index is 12.5. The van der Waals surface area contributed by atoms with Gasteiger partial charge in [-0.05, 0) is 24.6 Å². The molecule has 0 atom stereocenters. The largest absolute Gasteiger partial charge is 0.387 e. The minimum atomic E-state index is -0.0642. The second-order valence-corrected chi connectivity index (χ2v) is 4.64. The first-order chi connectivity index (χ1) is 9.61. The number of rotatable bonds is 4. The Morgan fingerprint density at radius 2 is 2.20 bits per heavy atom. The van der Waals surface area contributed by atoms with Crippen molar-refractivity contribution < 1.29 is 4.79 Å². The normalized spacial score (nSPS) is 10.2. The van der Waals surface area contributed by atoms with Gasteiger partial charge in [0, 0.05) is 44.9 Å². The first-order valence-corrected chi connectivity index (χ1v) is 6.40. The van der Waals surface area contributed by atoms with Crippen LogP contribution < -0.4 is 5.32 Å². The predicted octanol–water partition coefficient (Wildman–Crippen LogP) is 2.10. The van der Waals surface area contributed by atoms with Gasteiger partial charge in [0.25, 0.3) is 5.91 Å². The van der Waals surface area contributed by atoms with Crippen molar-refractivity contribution in [2.45, 2.75) is 13.5 Å². The minimum absolute atomic E-state index is 0.0642. The molecule has 2 aromatic heterocycles. The van der Waals surface area contributed by atoms with Crippen LogP contribution in [0.2, 0.25) is 0 Å². The lowest BCUT2D eigenvalue weighted by Gasteiger charge is -2.19. The van der Waals surface area contributed by atoms with E-state index in [0.717, 1.165) is 16.9 Å². The zero-order valence-corrected chi connectivity index (χ0v) is 11.9. The number of carbonyl (C=O) groups excluding carboxylic acids is 1. The molecular weight excluding hydrogens is 252 g/mol. The highest BCUT2D eigenvalue weighted by molar-refractivity contribution is 5.99. The van der Waals surface area contributed by atoms with Gasteiger partial charge in [0.05, 0.1) is 11.3 Å². The van der Waals surface area contributed by atoms with Gasteiger partial charge in [-0.3, -0.25) is 14.8 Å². The second-order valence-electron chi connectivity index (χ2n) is 4.64. The lowest BCUT2D eigenvalue weighted by molar-refractivity contribution is 0.0785. The van der Waals surface area contributed by atoms with Crippen LogP contribution in [0.15, 0.2) is 36.8 Å². The number of carbonyl (C=O) groups is 1. The Bertz CT molecular complexity index is 598. The molecule has 2 heterocycles. The molecule has 104 valence electrons. The zero-order chi connectivity index (χ0) is 14.5. The lowest BCUT2D eigenvalue weighted by Crippen LogP contribution is -2.27. The molecule has 0 aromatic carbocycles. The molecule has 0 saturated heterocycles. The molecule has 1 amide bonds. The zero-order valence-electron chi connectivity index (χ0n) is 11.9. The number of nitrogens with one attached hydrogen (secondary N) is 1. The molecule has 5 nitrogen and oxygen atoms in total. The van der Waals surface area contributed by atoms with E-state index in [-0.39, 0.29) is 5.91 Å². The van der Waals surface area contributed by atoms with Crippen LogP contribution in [-0.2, 0) is 6.54 Å². The summed E-state index contributed by atoms with van der Waals surface area (Å²) in [5.41, 5.74) is 3.24. The van der Waals surface area contributed by atoms with E-state index >= 15 is 0 Å². The summed E-state index contributed by atoms with van der Waals surface area (Å²) in [6, 6.07) is 5.68. The van der Waals surface area contributed by atoms with Crippen molar-refractivity contribution in [2.75, 3.05) is 19.4 Å². The molecule has 2 aromatic rings. The van der Waals surface area contributed by atoms with Crippen LogP contribution in [0.5, 0.6) is 0 Å². The summed E-state index contributed by atoms with van der Waals surface area (Å²) in [4.78, 5) is 22.4. The number of pyridine rings is 2. The summed E-state index contributed by atoms with van der Waals surface area (Å²) in [6.07, 6.45) is 5.09. The van der Waals surface area contributed by atoms with Gasteiger partial charge >= 0.3 is 0 Å². The molecule has 5 heteroatoms. The molecule has 0 fully saturated rings. The molecule has 0 aliphatic rings. The first kappa shape index (κ1) is 14.0. The second kappa shape index (κ2) is 6.14. The number of hydrogen-bond donors (Lipinski definition) is 1. The van der Waals surface area contributed by atoms with Crippen LogP contribution in [0.3, 0.4) is 0 Å². The molecule has 20 heavy (non-hydrogen) atoms. The van der Waals surface area contributed by atoms with E-state index < -0.39 is 0 Å². The Hall–Kier alpha value is -2.43. The highest BCUT2D eigenvalue weighted by Gasteiger charge is 2.16. The monoisotopic (exact) mass is 270 g/mol. The van der Waals surface area contributed by atoms with Gasteiger partial charge < -0.3 is 10.2 Å². The Morgan fingerprint density at radius 3 is 2.85 bits per heavy atom. The van der Waals surface area contributed by atoms with Gasteiger partial charge in [0.15, 0.2) is 0 Å². The first-order valence-electron chi connectivity index (χ1n) is 6.40. The number of amides is 1. The maximum absolute atomic E-state index is 12.5. The van der Waals surface area contributed by atoms with Crippen molar-refractivity contribution >= 4 is 11.6 Å². The average molecular weight is 270 g/mol. The molecular formula is C15H18N4O. The number of anilines is 1. The molecule has 0 spiro atoms. The minimum Gasteiger partial charge on any atom is -0.387 e. The van der Waals surface area contributed by atoms with Crippen LogP contribution >= 0.6 is 0 Å². The number of aromatic nitrogens is 2. The molecule has 0 unspecified atom stereocenters. The Kier molecular flexibility index (Phi) is 4.30.